The van der Waals surface area contributed by atoms with Crippen molar-refractivity contribution in [2.45, 2.75) is 71.6 Å². The molecule has 2 saturated heterocycles. The van der Waals surface area contributed by atoms with Gasteiger partial charge in [-0.15, -0.1) is 0 Å². The Hall–Kier alpha value is -3.60. The molecule has 3 aromatic carbocycles. The first-order chi connectivity index (χ1) is 20.5. The predicted octanol–water partition coefficient (Wildman–Crippen LogP) is 8.00. The molecule has 2 aliphatic heterocycles. The van der Waals surface area contributed by atoms with Gasteiger partial charge in [0.05, 0.1) is 5.56 Å². The highest BCUT2D eigenvalue weighted by Gasteiger charge is 2.28. The first kappa shape index (κ1) is 29.9. The molecule has 1 N–H and O–H groups in total. The second kappa shape index (κ2) is 14.5. The molecule has 5 nitrogen and oxygen atoms in total. The van der Waals surface area contributed by atoms with Gasteiger partial charge >= 0.3 is 0 Å². The van der Waals surface area contributed by atoms with Crippen molar-refractivity contribution < 1.29 is 9.59 Å². The fourth-order valence-corrected chi connectivity index (χ4v) is 6.37. The van der Waals surface area contributed by atoms with Crippen LogP contribution in [0.5, 0.6) is 0 Å². The van der Waals surface area contributed by atoms with Gasteiger partial charge in [-0.1, -0.05) is 69.2 Å². The number of nitrogens with zero attached hydrogens (tertiary/aromatic N) is 2. The van der Waals surface area contributed by atoms with Gasteiger partial charge < -0.3 is 15.1 Å². The lowest BCUT2D eigenvalue weighted by molar-refractivity contribution is 0.0697. The van der Waals surface area contributed by atoms with E-state index in [2.05, 4.69) is 66.5 Å². The van der Waals surface area contributed by atoms with Crippen molar-refractivity contribution in [3.05, 3.63) is 95.1 Å². The molecule has 2 amide bonds. The molecule has 2 fully saturated rings. The normalized spacial score (nSPS) is 16.4. The molecule has 2 heterocycles. The Morgan fingerprint density at radius 3 is 2.21 bits per heavy atom. The molecule has 0 unspecified atom stereocenters. The van der Waals surface area contributed by atoms with Crippen molar-refractivity contribution in [3.8, 4) is 0 Å². The second-order valence-electron chi connectivity index (χ2n) is 12.4. The molecule has 0 bridgehead atoms. The summed E-state index contributed by atoms with van der Waals surface area (Å²) in [5, 5.41) is 3.07. The van der Waals surface area contributed by atoms with Crippen molar-refractivity contribution in [1.82, 2.24) is 4.90 Å². The molecule has 0 saturated carbocycles. The maximum Gasteiger partial charge on any atom is 0.256 e. The summed E-state index contributed by atoms with van der Waals surface area (Å²) in [6.45, 7) is 7.93. The van der Waals surface area contributed by atoms with Gasteiger partial charge in [0.1, 0.15) is 0 Å². The van der Waals surface area contributed by atoms with Crippen LogP contribution in [-0.4, -0.2) is 42.9 Å². The monoisotopic (exact) mass is 565 g/mol. The fourth-order valence-electron chi connectivity index (χ4n) is 6.37. The number of anilines is 2. The molecule has 222 valence electrons. The Morgan fingerprint density at radius 1 is 0.810 bits per heavy atom. The van der Waals surface area contributed by atoms with Crippen LogP contribution < -0.4 is 10.2 Å². The molecule has 0 aliphatic carbocycles. The number of amides is 2. The van der Waals surface area contributed by atoms with E-state index < -0.39 is 0 Å². The number of carbonyl (C=O) groups is 2. The van der Waals surface area contributed by atoms with Crippen LogP contribution >= 0.6 is 0 Å². The van der Waals surface area contributed by atoms with Crippen LogP contribution in [0.3, 0.4) is 0 Å². The van der Waals surface area contributed by atoms with Crippen molar-refractivity contribution in [2.24, 2.45) is 11.8 Å². The average Bonchev–Trinajstić information content (AvgIpc) is 3.02. The number of hydrogen-bond donors (Lipinski definition) is 1. The predicted molar refractivity (Wildman–Crippen MR) is 173 cm³/mol. The number of rotatable bonds is 10. The SMILES string of the molecule is CCCCCc1ccc(C(=O)Nc2ccc(N3CCC(Cc4ccccc4)CC3)c(C(=O)N3CCC(C)CC3)c2)cc1. The topological polar surface area (TPSA) is 52.7 Å². The zero-order valence-corrected chi connectivity index (χ0v) is 25.5. The number of hydrogen-bond acceptors (Lipinski definition) is 3. The lowest BCUT2D eigenvalue weighted by Gasteiger charge is -2.36. The lowest BCUT2D eigenvalue weighted by Crippen LogP contribution is -2.40. The number of likely N-dealkylation sites (tertiary alicyclic amines) is 1. The first-order valence-corrected chi connectivity index (χ1v) is 16.1. The fraction of sp³-hybridized carbons (Fsp3) is 0.459. The minimum absolute atomic E-state index is 0.0795. The Bertz CT molecular complexity index is 1300. The molecule has 5 rings (SSSR count). The van der Waals surface area contributed by atoms with Gasteiger partial charge in [-0.05, 0) is 98.2 Å². The van der Waals surface area contributed by atoms with Crippen LogP contribution in [0.15, 0.2) is 72.8 Å². The zero-order valence-electron chi connectivity index (χ0n) is 25.5. The first-order valence-electron chi connectivity index (χ1n) is 16.1. The summed E-state index contributed by atoms with van der Waals surface area (Å²) in [5.41, 5.74) is 5.67. The standard InChI is InChI=1S/C37H47N3O2/c1-3-4-6-9-29-12-14-32(15-13-29)36(41)38-33-16-17-35(34(27-33)37(42)40-22-18-28(2)19-23-40)39-24-20-31(21-25-39)26-30-10-7-5-8-11-30/h5,7-8,10-17,27-28,31H,3-4,6,9,18-26H2,1-2H3,(H,38,41). The van der Waals surface area contributed by atoms with Crippen LogP contribution in [0.1, 0.15) is 90.6 Å². The van der Waals surface area contributed by atoms with Gasteiger partial charge in [0.15, 0.2) is 0 Å². The van der Waals surface area contributed by atoms with Gasteiger partial charge in [-0.25, -0.2) is 0 Å². The number of nitrogens with one attached hydrogen (secondary N) is 1. The minimum atomic E-state index is -0.144. The van der Waals surface area contributed by atoms with Crippen molar-refractivity contribution in [3.63, 3.8) is 0 Å². The van der Waals surface area contributed by atoms with E-state index in [4.69, 9.17) is 0 Å². The quantitative estimate of drug-likeness (QED) is 0.253. The molecule has 3 aromatic rings. The third-order valence-corrected chi connectivity index (χ3v) is 9.16. The van der Waals surface area contributed by atoms with Gasteiger partial charge in [0.25, 0.3) is 11.8 Å². The van der Waals surface area contributed by atoms with E-state index >= 15 is 0 Å². The van der Waals surface area contributed by atoms with Crippen LogP contribution in [0.2, 0.25) is 0 Å². The molecule has 0 radical (unpaired) electrons. The number of unbranched alkanes of at least 4 members (excludes halogenated alkanes) is 2. The van der Waals surface area contributed by atoms with Crippen molar-refractivity contribution in [1.29, 1.82) is 0 Å². The average molecular weight is 566 g/mol. The molecule has 2 aliphatic rings. The summed E-state index contributed by atoms with van der Waals surface area (Å²) in [4.78, 5) is 31.5. The highest BCUT2D eigenvalue weighted by atomic mass is 16.2. The van der Waals surface area contributed by atoms with E-state index in [1.54, 1.807) is 0 Å². The van der Waals surface area contributed by atoms with E-state index in [9.17, 15) is 9.59 Å². The largest absolute Gasteiger partial charge is 0.371 e. The molecule has 0 aromatic heterocycles. The van der Waals surface area contributed by atoms with Crippen LogP contribution in [-0.2, 0) is 12.8 Å². The molecule has 0 atom stereocenters. The van der Waals surface area contributed by atoms with Gasteiger partial charge in [-0.2, -0.15) is 0 Å². The van der Waals surface area contributed by atoms with Crippen molar-refractivity contribution >= 4 is 23.2 Å². The van der Waals surface area contributed by atoms with Crippen LogP contribution in [0.4, 0.5) is 11.4 Å². The maximum atomic E-state index is 13.9. The maximum absolute atomic E-state index is 13.9. The van der Waals surface area contributed by atoms with E-state index in [0.29, 0.717) is 28.7 Å². The molecule has 0 spiro atoms. The molecule has 42 heavy (non-hydrogen) atoms. The van der Waals surface area contributed by atoms with E-state index in [1.165, 1.54) is 30.4 Å². The summed E-state index contributed by atoms with van der Waals surface area (Å²) in [7, 11) is 0. The zero-order chi connectivity index (χ0) is 29.3. The Balaban J connectivity index is 1.30. The minimum Gasteiger partial charge on any atom is -0.371 e. The molecular weight excluding hydrogens is 518 g/mol. The lowest BCUT2D eigenvalue weighted by atomic mass is 9.89. The van der Waals surface area contributed by atoms with Crippen molar-refractivity contribution in [2.75, 3.05) is 36.4 Å². The van der Waals surface area contributed by atoms with Gasteiger partial charge in [-0.3, -0.25) is 9.59 Å². The summed E-state index contributed by atoms with van der Waals surface area (Å²) in [6.07, 6.45) is 10.0. The van der Waals surface area contributed by atoms with Crippen LogP contribution in [0.25, 0.3) is 0 Å². The number of benzene rings is 3. The molecular formula is C37H47N3O2. The van der Waals surface area contributed by atoms with E-state index in [-0.39, 0.29) is 11.8 Å². The summed E-state index contributed by atoms with van der Waals surface area (Å²) < 4.78 is 0. The van der Waals surface area contributed by atoms with Gasteiger partial charge in [0.2, 0.25) is 0 Å². The molecule has 5 heteroatoms. The highest BCUT2D eigenvalue weighted by Crippen LogP contribution is 2.32. The summed E-state index contributed by atoms with van der Waals surface area (Å²) in [5.74, 6) is 1.24. The summed E-state index contributed by atoms with van der Waals surface area (Å²) in [6, 6.07) is 24.6. The smallest absolute Gasteiger partial charge is 0.256 e. The van der Waals surface area contributed by atoms with Crippen LogP contribution in [0, 0.1) is 11.8 Å². The van der Waals surface area contributed by atoms with E-state index in [0.717, 1.165) is 70.4 Å². The Morgan fingerprint density at radius 2 is 1.52 bits per heavy atom. The number of piperidine rings is 2. The summed E-state index contributed by atoms with van der Waals surface area (Å²) >= 11 is 0. The number of carbonyl (C=O) groups excluding carboxylic acids is 2. The second-order valence-corrected chi connectivity index (χ2v) is 12.4. The van der Waals surface area contributed by atoms with E-state index in [1.807, 2.05) is 35.2 Å². The third kappa shape index (κ3) is 7.81. The Labute approximate surface area is 252 Å². The highest BCUT2D eigenvalue weighted by molar-refractivity contribution is 6.06. The van der Waals surface area contributed by atoms with Gasteiger partial charge in [0, 0.05) is 43.1 Å². The number of aryl methyl sites for hydroxylation is 1. The third-order valence-electron chi connectivity index (χ3n) is 9.16. The Kier molecular flexibility index (Phi) is 10.3.